The molecule has 0 saturated carbocycles. The topological polar surface area (TPSA) is 41.1 Å². The van der Waals surface area contributed by atoms with Gasteiger partial charge in [0.05, 0.1) is 0 Å². The van der Waals surface area contributed by atoms with Gasteiger partial charge in [0, 0.05) is 24.3 Å². The molecule has 0 radical (unpaired) electrons. The number of benzene rings is 1. The lowest BCUT2D eigenvalue weighted by Gasteiger charge is -2.11. The predicted molar refractivity (Wildman–Crippen MR) is 91.1 cm³/mol. The van der Waals surface area contributed by atoms with Gasteiger partial charge in [0.25, 0.3) is 5.91 Å². The molecule has 0 saturated heterocycles. The number of anilines is 1. The Morgan fingerprint density at radius 1 is 1.05 bits per heavy atom. The third kappa shape index (κ3) is 6.65. The van der Waals surface area contributed by atoms with Crippen molar-refractivity contribution >= 4 is 11.6 Å². The Hall–Kier alpha value is -1.51. The fourth-order valence-corrected chi connectivity index (χ4v) is 2.39. The molecule has 0 fully saturated rings. The van der Waals surface area contributed by atoms with Crippen LogP contribution in [0.1, 0.15) is 68.3 Å². The molecule has 1 rings (SSSR count). The highest BCUT2D eigenvalue weighted by Gasteiger charge is 2.06. The molecular weight excluding hydrogens is 260 g/mol. The van der Waals surface area contributed by atoms with Gasteiger partial charge < -0.3 is 10.6 Å². The van der Waals surface area contributed by atoms with Crippen LogP contribution >= 0.6 is 0 Å². The highest BCUT2D eigenvalue weighted by atomic mass is 16.1. The monoisotopic (exact) mass is 290 g/mol. The summed E-state index contributed by atoms with van der Waals surface area (Å²) in [5, 5.41) is 6.30. The van der Waals surface area contributed by atoms with Gasteiger partial charge in [-0.1, -0.05) is 39.0 Å². The van der Waals surface area contributed by atoms with Crippen molar-refractivity contribution in [2.24, 2.45) is 0 Å². The van der Waals surface area contributed by atoms with Crippen LogP contribution in [0.2, 0.25) is 0 Å². The maximum Gasteiger partial charge on any atom is 0.251 e. The Labute approximate surface area is 129 Å². The van der Waals surface area contributed by atoms with Crippen LogP contribution in [-0.2, 0) is 0 Å². The molecule has 0 aliphatic rings. The Kier molecular flexibility index (Phi) is 8.56. The van der Waals surface area contributed by atoms with Crippen molar-refractivity contribution < 1.29 is 4.79 Å². The molecule has 21 heavy (non-hydrogen) atoms. The van der Waals surface area contributed by atoms with Crippen LogP contribution in [0, 0.1) is 6.92 Å². The Morgan fingerprint density at radius 3 is 2.43 bits per heavy atom. The van der Waals surface area contributed by atoms with Gasteiger partial charge >= 0.3 is 0 Å². The zero-order valence-electron chi connectivity index (χ0n) is 13.8. The first-order valence-corrected chi connectivity index (χ1v) is 8.31. The first-order valence-electron chi connectivity index (χ1n) is 8.31. The smallest absolute Gasteiger partial charge is 0.251 e. The molecule has 2 N–H and O–H groups in total. The van der Waals surface area contributed by atoms with E-state index in [1.807, 2.05) is 32.0 Å². The second kappa shape index (κ2) is 10.3. The van der Waals surface area contributed by atoms with Crippen molar-refractivity contribution in [3.8, 4) is 0 Å². The van der Waals surface area contributed by atoms with Gasteiger partial charge in [-0.25, -0.2) is 0 Å². The number of hydrogen-bond donors (Lipinski definition) is 2. The van der Waals surface area contributed by atoms with Crippen molar-refractivity contribution in [3.63, 3.8) is 0 Å². The molecule has 0 spiro atoms. The second-order valence-corrected chi connectivity index (χ2v) is 5.58. The molecule has 0 aliphatic heterocycles. The number of nitrogens with one attached hydrogen (secondary N) is 2. The Balaban J connectivity index is 2.34. The van der Waals surface area contributed by atoms with E-state index in [9.17, 15) is 4.79 Å². The van der Waals surface area contributed by atoms with Crippen LogP contribution in [0.5, 0.6) is 0 Å². The summed E-state index contributed by atoms with van der Waals surface area (Å²) in [5.74, 6) is 0.00285. The van der Waals surface area contributed by atoms with E-state index in [0.29, 0.717) is 6.54 Å². The number of carbonyl (C=O) groups excluding carboxylic acids is 1. The molecule has 0 unspecified atom stereocenters. The fourth-order valence-electron chi connectivity index (χ4n) is 2.39. The summed E-state index contributed by atoms with van der Waals surface area (Å²) in [5.41, 5.74) is 3.00. The molecule has 0 atom stereocenters. The summed E-state index contributed by atoms with van der Waals surface area (Å²) in [7, 11) is 0. The zero-order chi connectivity index (χ0) is 15.5. The Morgan fingerprint density at radius 2 is 1.76 bits per heavy atom. The van der Waals surface area contributed by atoms with Crippen molar-refractivity contribution in [2.45, 2.75) is 59.3 Å². The summed E-state index contributed by atoms with van der Waals surface area (Å²) in [4.78, 5) is 11.8. The fraction of sp³-hybridized carbons (Fsp3) is 0.611. The first kappa shape index (κ1) is 17.5. The average molecular weight is 290 g/mol. The van der Waals surface area contributed by atoms with Crippen molar-refractivity contribution in [1.29, 1.82) is 0 Å². The molecule has 0 heterocycles. The molecule has 1 aromatic rings. The maximum atomic E-state index is 11.8. The van der Waals surface area contributed by atoms with Crippen LogP contribution in [0.4, 0.5) is 5.69 Å². The van der Waals surface area contributed by atoms with Gasteiger partial charge in [0.15, 0.2) is 0 Å². The van der Waals surface area contributed by atoms with Gasteiger partial charge in [-0.3, -0.25) is 4.79 Å². The van der Waals surface area contributed by atoms with Gasteiger partial charge in [0.2, 0.25) is 0 Å². The average Bonchev–Trinajstić information content (AvgIpc) is 2.48. The third-order valence-electron chi connectivity index (χ3n) is 3.67. The van der Waals surface area contributed by atoms with E-state index in [1.165, 1.54) is 38.5 Å². The number of rotatable bonds is 10. The summed E-state index contributed by atoms with van der Waals surface area (Å²) < 4.78 is 0. The highest BCUT2D eigenvalue weighted by Crippen LogP contribution is 2.17. The van der Waals surface area contributed by atoms with Gasteiger partial charge in [-0.2, -0.15) is 0 Å². The largest absolute Gasteiger partial charge is 0.385 e. The third-order valence-corrected chi connectivity index (χ3v) is 3.67. The van der Waals surface area contributed by atoms with Crippen LogP contribution in [0.15, 0.2) is 18.2 Å². The van der Waals surface area contributed by atoms with Crippen LogP contribution < -0.4 is 10.6 Å². The van der Waals surface area contributed by atoms with Gasteiger partial charge in [-0.15, -0.1) is 0 Å². The molecular formula is C18H30N2O. The summed E-state index contributed by atoms with van der Waals surface area (Å²) >= 11 is 0. The van der Waals surface area contributed by atoms with E-state index in [4.69, 9.17) is 0 Å². The number of unbranched alkanes of at least 4 members (excludes halogenated alkanes) is 5. The zero-order valence-corrected chi connectivity index (χ0v) is 13.8. The van der Waals surface area contributed by atoms with Gasteiger partial charge in [-0.05, 0) is 44.0 Å². The maximum absolute atomic E-state index is 11.8. The number of amides is 1. The van der Waals surface area contributed by atoms with Crippen LogP contribution in [-0.4, -0.2) is 19.0 Å². The highest BCUT2D eigenvalue weighted by molar-refractivity contribution is 5.94. The molecule has 0 bridgehead atoms. The number of aryl methyl sites for hydroxylation is 1. The lowest BCUT2D eigenvalue weighted by atomic mass is 10.1. The quantitative estimate of drug-likeness (QED) is 0.622. The van der Waals surface area contributed by atoms with Crippen molar-refractivity contribution in [1.82, 2.24) is 5.32 Å². The Bertz CT molecular complexity index is 429. The van der Waals surface area contributed by atoms with Gasteiger partial charge in [0.1, 0.15) is 0 Å². The predicted octanol–water partition coefficient (Wildman–Crippen LogP) is 4.52. The van der Waals surface area contributed by atoms with Crippen molar-refractivity contribution in [3.05, 3.63) is 29.3 Å². The summed E-state index contributed by atoms with van der Waals surface area (Å²) in [6, 6.07) is 5.85. The SMILES string of the molecule is CCCCCCCCNc1ccc(C(=O)NCC)cc1C. The summed E-state index contributed by atoms with van der Waals surface area (Å²) in [6.07, 6.45) is 7.86. The minimum atomic E-state index is 0.00285. The van der Waals surface area contributed by atoms with E-state index in [1.54, 1.807) is 0 Å². The first-order chi connectivity index (χ1) is 10.2. The molecule has 1 amide bonds. The lowest BCUT2D eigenvalue weighted by molar-refractivity contribution is 0.0956. The minimum absolute atomic E-state index is 0.00285. The number of carbonyl (C=O) groups is 1. The van der Waals surface area contributed by atoms with E-state index in [2.05, 4.69) is 17.6 Å². The molecule has 118 valence electrons. The van der Waals surface area contributed by atoms with Crippen LogP contribution in [0.3, 0.4) is 0 Å². The van der Waals surface area contributed by atoms with Crippen molar-refractivity contribution in [2.75, 3.05) is 18.4 Å². The summed E-state index contributed by atoms with van der Waals surface area (Å²) in [6.45, 7) is 7.89. The lowest BCUT2D eigenvalue weighted by Crippen LogP contribution is -2.22. The molecule has 3 nitrogen and oxygen atoms in total. The van der Waals surface area contributed by atoms with E-state index >= 15 is 0 Å². The van der Waals surface area contributed by atoms with E-state index in [0.717, 1.165) is 23.4 Å². The van der Waals surface area contributed by atoms with E-state index < -0.39 is 0 Å². The number of hydrogen-bond acceptors (Lipinski definition) is 2. The molecule has 3 heteroatoms. The van der Waals surface area contributed by atoms with E-state index in [-0.39, 0.29) is 5.91 Å². The normalized spacial score (nSPS) is 10.4. The van der Waals surface area contributed by atoms with Crippen LogP contribution in [0.25, 0.3) is 0 Å². The molecule has 1 aromatic carbocycles. The minimum Gasteiger partial charge on any atom is -0.385 e. The standard InChI is InChI=1S/C18H30N2O/c1-4-6-7-8-9-10-13-20-17-12-11-16(14-15(17)3)18(21)19-5-2/h11-12,14,20H,4-10,13H2,1-3H3,(H,19,21). The molecule has 0 aromatic heterocycles. The molecule has 0 aliphatic carbocycles. The second-order valence-electron chi connectivity index (χ2n) is 5.58.